The first-order valence-corrected chi connectivity index (χ1v) is 6.48. The number of hydrogen-bond donors (Lipinski definition) is 1. The Hall–Kier alpha value is -1.10. The fourth-order valence-corrected chi connectivity index (χ4v) is 2.17. The molecule has 1 saturated heterocycles. The Morgan fingerprint density at radius 1 is 1.59 bits per heavy atom. The molecule has 0 saturated carbocycles. The molecule has 0 aliphatic carbocycles. The molecule has 0 radical (unpaired) electrons. The second kappa shape index (κ2) is 5.04. The van der Waals surface area contributed by atoms with E-state index in [9.17, 15) is 4.79 Å². The summed E-state index contributed by atoms with van der Waals surface area (Å²) in [6, 6.07) is 2.31. The summed E-state index contributed by atoms with van der Waals surface area (Å²) in [4.78, 5) is 17.5. The molecule has 1 aliphatic heterocycles. The minimum atomic E-state index is 0.225. The van der Waals surface area contributed by atoms with Gasteiger partial charge in [-0.25, -0.2) is 4.98 Å². The highest BCUT2D eigenvalue weighted by atomic mass is 79.9. The van der Waals surface area contributed by atoms with Crippen LogP contribution in [0.3, 0.4) is 0 Å². The lowest BCUT2D eigenvalue weighted by atomic mass is 10.1. The number of pyridine rings is 1. The summed E-state index contributed by atoms with van der Waals surface area (Å²) in [5.41, 5.74) is 1.16. The van der Waals surface area contributed by atoms with Gasteiger partial charge in [0.2, 0.25) is 5.91 Å². The highest BCUT2D eigenvalue weighted by Gasteiger charge is 2.22. The molecule has 0 aromatic carbocycles. The van der Waals surface area contributed by atoms with E-state index in [1.807, 2.05) is 20.0 Å². The lowest BCUT2D eigenvalue weighted by molar-refractivity contribution is -0.132. The first-order valence-electron chi connectivity index (χ1n) is 5.69. The van der Waals surface area contributed by atoms with Crippen molar-refractivity contribution in [3.63, 3.8) is 0 Å². The molecule has 2 rings (SSSR count). The summed E-state index contributed by atoms with van der Waals surface area (Å²) < 4.78 is 1.01. The number of likely N-dealkylation sites (tertiary alicyclic amines) is 1. The van der Waals surface area contributed by atoms with Crippen LogP contribution >= 0.6 is 15.9 Å². The van der Waals surface area contributed by atoms with Gasteiger partial charge in [0, 0.05) is 36.7 Å². The van der Waals surface area contributed by atoms with E-state index in [0.29, 0.717) is 12.5 Å². The number of nitrogens with one attached hydrogen (secondary N) is 1. The van der Waals surface area contributed by atoms with E-state index < -0.39 is 0 Å². The van der Waals surface area contributed by atoms with E-state index in [4.69, 9.17) is 0 Å². The fourth-order valence-electron chi connectivity index (χ4n) is 1.96. The molecule has 1 aromatic rings. The molecular weight excluding hydrogens is 282 g/mol. The first-order chi connectivity index (χ1) is 8.06. The second-order valence-corrected chi connectivity index (χ2v) is 5.33. The van der Waals surface area contributed by atoms with Gasteiger partial charge < -0.3 is 10.2 Å². The van der Waals surface area contributed by atoms with Gasteiger partial charge in [0.25, 0.3) is 0 Å². The van der Waals surface area contributed by atoms with Crippen molar-refractivity contribution in [3.05, 3.63) is 22.3 Å². The van der Waals surface area contributed by atoms with E-state index >= 15 is 0 Å². The van der Waals surface area contributed by atoms with Crippen LogP contribution < -0.4 is 5.32 Å². The SMILES string of the molecule is Cc1cc(NC2CCC(=O)N(C)C2)ncc1Br. The molecule has 1 aliphatic rings. The number of rotatable bonds is 2. The molecule has 2 heterocycles. The number of aryl methyl sites for hydroxylation is 1. The molecule has 4 nitrogen and oxygen atoms in total. The van der Waals surface area contributed by atoms with Crippen molar-refractivity contribution in [1.82, 2.24) is 9.88 Å². The number of likely N-dealkylation sites (N-methyl/N-ethyl adjacent to an activating group) is 1. The number of halogens is 1. The van der Waals surface area contributed by atoms with Gasteiger partial charge >= 0.3 is 0 Å². The minimum Gasteiger partial charge on any atom is -0.366 e. The third-order valence-electron chi connectivity index (χ3n) is 3.03. The van der Waals surface area contributed by atoms with Gasteiger partial charge in [0.05, 0.1) is 0 Å². The summed E-state index contributed by atoms with van der Waals surface area (Å²) in [6.45, 7) is 2.78. The number of hydrogen-bond acceptors (Lipinski definition) is 3. The highest BCUT2D eigenvalue weighted by molar-refractivity contribution is 9.10. The van der Waals surface area contributed by atoms with Gasteiger partial charge in [-0.15, -0.1) is 0 Å². The number of piperidine rings is 1. The predicted octanol–water partition coefficient (Wildman–Crippen LogP) is 2.19. The molecule has 17 heavy (non-hydrogen) atoms. The number of anilines is 1. The van der Waals surface area contributed by atoms with Crippen LogP contribution in [0, 0.1) is 6.92 Å². The average molecular weight is 298 g/mol. The summed E-state index contributed by atoms with van der Waals surface area (Å²) in [5.74, 6) is 1.10. The van der Waals surface area contributed by atoms with Crippen LogP contribution in [0.2, 0.25) is 0 Å². The number of carbonyl (C=O) groups excluding carboxylic acids is 1. The molecule has 0 bridgehead atoms. The van der Waals surface area contributed by atoms with Crippen molar-refractivity contribution in [2.45, 2.75) is 25.8 Å². The van der Waals surface area contributed by atoms with Gasteiger partial charge in [0.15, 0.2) is 0 Å². The molecule has 1 unspecified atom stereocenters. The third kappa shape index (κ3) is 2.97. The van der Waals surface area contributed by atoms with Crippen molar-refractivity contribution in [2.24, 2.45) is 0 Å². The Bertz CT molecular complexity index is 436. The van der Waals surface area contributed by atoms with Crippen molar-refractivity contribution in [2.75, 3.05) is 18.9 Å². The number of amides is 1. The number of aromatic nitrogens is 1. The molecule has 1 atom stereocenters. The van der Waals surface area contributed by atoms with E-state index in [1.165, 1.54) is 0 Å². The van der Waals surface area contributed by atoms with E-state index in [2.05, 4.69) is 26.2 Å². The fraction of sp³-hybridized carbons (Fsp3) is 0.500. The summed E-state index contributed by atoms with van der Waals surface area (Å²) in [5, 5.41) is 3.37. The van der Waals surface area contributed by atoms with Crippen LogP contribution in [-0.2, 0) is 4.79 Å². The zero-order valence-corrected chi connectivity index (χ0v) is 11.6. The molecular formula is C12H16BrN3O. The number of carbonyl (C=O) groups is 1. The molecule has 1 fully saturated rings. The predicted molar refractivity (Wildman–Crippen MR) is 71.0 cm³/mol. The smallest absolute Gasteiger partial charge is 0.222 e. The first kappa shape index (κ1) is 12.4. The molecule has 1 amide bonds. The van der Waals surface area contributed by atoms with Crippen LogP contribution in [0.5, 0.6) is 0 Å². The van der Waals surface area contributed by atoms with Crippen molar-refractivity contribution in [3.8, 4) is 0 Å². The Kier molecular flexibility index (Phi) is 3.66. The maximum atomic E-state index is 11.4. The maximum absolute atomic E-state index is 11.4. The summed E-state index contributed by atoms with van der Waals surface area (Å²) >= 11 is 3.43. The van der Waals surface area contributed by atoms with Crippen LogP contribution in [0.25, 0.3) is 0 Å². The van der Waals surface area contributed by atoms with Gasteiger partial charge in [0.1, 0.15) is 5.82 Å². The maximum Gasteiger partial charge on any atom is 0.222 e. The summed E-state index contributed by atoms with van der Waals surface area (Å²) in [7, 11) is 1.84. The Morgan fingerprint density at radius 2 is 2.35 bits per heavy atom. The molecule has 92 valence electrons. The van der Waals surface area contributed by atoms with Crippen LogP contribution in [0.1, 0.15) is 18.4 Å². The largest absolute Gasteiger partial charge is 0.366 e. The Balaban J connectivity index is 2.01. The van der Waals surface area contributed by atoms with Gasteiger partial charge in [-0.05, 0) is 40.9 Å². The highest BCUT2D eigenvalue weighted by Crippen LogP contribution is 2.19. The van der Waals surface area contributed by atoms with Crippen molar-refractivity contribution < 1.29 is 4.79 Å². The van der Waals surface area contributed by atoms with E-state index in [1.54, 1.807) is 11.1 Å². The van der Waals surface area contributed by atoms with Gasteiger partial charge in [-0.2, -0.15) is 0 Å². The Labute approximate surface area is 110 Å². The van der Waals surface area contributed by atoms with Crippen molar-refractivity contribution in [1.29, 1.82) is 0 Å². The molecule has 1 N–H and O–H groups in total. The minimum absolute atomic E-state index is 0.225. The van der Waals surface area contributed by atoms with Gasteiger partial charge in [-0.1, -0.05) is 0 Å². The quantitative estimate of drug-likeness (QED) is 0.910. The number of nitrogens with zero attached hydrogens (tertiary/aromatic N) is 2. The zero-order chi connectivity index (χ0) is 12.4. The lowest BCUT2D eigenvalue weighted by Crippen LogP contribution is -2.43. The van der Waals surface area contributed by atoms with Crippen LogP contribution in [0.15, 0.2) is 16.7 Å². The lowest BCUT2D eigenvalue weighted by Gasteiger charge is -2.30. The summed E-state index contributed by atoms with van der Waals surface area (Å²) in [6.07, 6.45) is 3.29. The third-order valence-corrected chi connectivity index (χ3v) is 3.86. The monoisotopic (exact) mass is 297 g/mol. The van der Waals surface area contributed by atoms with Gasteiger partial charge in [-0.3, -0.25) is 4.79 Å². The standard InChI is InChI=1S/C12H16BrN3O/c1-8-5-11(14-6-10(8)13)15-9-3-4-12(17)16(2)7-9/h5-6,9H,3-4,7H2,1-2H3,(H,14,15). The van der Waals surface area contributed by atoms with Crippen LogP contribution in [-0.4, -0.2) is 35.4 Å². The Morgan fingerprint density at radius 3 is 3.00 bits per heavy atom. The average Bonchev–Trinajstić information content (AvgIpc) is 2.29. The normalized spacial score (nSPS) is 20.5. The molecule has 5 heteroatoms. The topological polar surface area (TPSA) is 45.2 Å². The molecule has 1 aromatic heterocycles. The van der Waals surface area contributed by atoms with E-state index in [-0.39, 0.29) is 5.91 Å². The molecule has 0 spiro atoms. The van der Waals surface area contributed by atoms with Crippen LogP contribution in [0.4, 0.5) is 5.82 Å². The zero-order valence-electron chi connectivity index (χ0n) is 10.0. The second-order valence-electron chi connectivity index (χ2n) is 4.47. The van der Waals surface area contributed by atoms with E-state index in [0.717, 1.165) is 28.8 Å². The van der Waals surface area contributed by atoms with Crippen molar-refractivity contribution >= 4 is 27.7 Å².